The third-order valence-corrected chi connectivity index (χ3v) is 0.922. The van der Waals surface area contributed by atoms with Crippen molar-refractivity contribution in [3.8, 4) is 0 Å². The van der Waals surface area contributed by atoms with E-state index in [4.69, 9.17) is 5.11 Å². The van der Waals surface area contributed by atoms with E-state index in [9.17, 15) is 9.59 Å². The number of carboxylic acids is 1. The Balaban J connectivity index is 0. The molecule has 0 rings (SSSR count). The Hall–Kier alpha value is -1.10. The molecular weight excluding hydrogens is 188 g/mol. The Bertz CT molecular complexity index is 155. The summed E-state index contributed by atoms with van der Waals surface area (Å²) in [7, 11) is 0. The largest absolute Gasteiger partial charge is 0.480 e. The molecule has 0 heterocycles. The smallest absolute Gasteiger partial charge is 0.329 e. The van der Waals surface area contributed by atoms with Crippen molar-refractivity contribution in [3.05, 3.63) is 0 Å². The molecule has 0 saturated heterocycles. The van der Waals surface area contributed by atoms with Crippen LogP contribution in [0.2, 0.25) is 0 Å². The van der Waals surface area contributed by atoms with Gasteiger partial charge in [0.25, 0.3) is 0 Å². The summed E-state index contributed by atoms with van der Waals surface area (Å²) in [4.78, 5) is 19.6. The first-order chi connectivity index (χ1) is 6.54. The van der Waals surface area contributed by atoms with Crippen molar-refractivity contribution in [1.29, 1.82) is 0 Å². The van der Waals surface area contributed by atoms with Gasteiger partial charge in [-0.25, -0.2) is 4.79 Å². The van der Waals surface area contributed by atoms with Crippen LogP contribution in [0.25, 0.3) is 0 Å². The summed E-state index contributed by atoms with van der Waals surface area (Å²) in [5.41, 5.74) is 0. The molecule has 1 N–H and O–H groups in total. The second-order valence-corrected chi connectivity index (χ2v) is 2.37. The molecule has 0 amide bonds. The summed E-state index contributed by atoms with van der Waals surface area (Å²) < 4.78 is 9.05. The van der Waals surface area contributed by atoms with Crippen molar-refractivity contribution < 1.29 is 24.2 Å². The molecule has 5 nitrogen and oxygen atoms in total. The molecule has 84 valence electrons. The van der Waals surface area contributed by atoms with Crippen molar-refractivity contribution in [2.75, 3.05) is 19.8 Å². The summed E-state index contributed by atoms with van der Waals surface area (Å²) in [5, 5.41) is 8.02. The van der Waals surface area contributed by atoms with Gasteiger partial charge in [-0.05, 0) is 13.3 Å². The second kappa shape index (κ2) is 11.9. The Morgan fingerprint density at radius 3 is 2.07 bits per heavy atom. The van der Waals surface area contributed by atoms with Gasteiger partial charge in [0.05, 0.1) is 6.61 Å². The number of hydrogen-bond donors (Lipinski definition) is 1. The van der Waals surface area contributed by atoms with Crippen LogP contribution in [0.3, 0.4) is 0 Å². The highest BCUT2D eigenvalue weighted by molar-refractivity contribution is 5.67. The number of rotatable bonds is 5. The molecule has 0 aliphatic carbocycles. The molecule has 0 unspecified atom stereocenters. The second-order valence-electron chi connectivity index (χ2n) is 2.37. The zero-order valence-corrected chi connectivity index (χ0v) is 8.91. The van der Waals surface area contributed by atoms with Gasteiger partial charge in [-0.1, -0.05) is 6.92 Å². The fraction of sp³-hybridized carbons (Fsp3) is 0.778. The molecule has 0 bridgehead atoms. The van der Waals surface area contributed by atoms with Gasteiger partial charge in [-0.3, -0.25) is 4.79 Å². The molecule has 0 aliphatic rings. The van der Waals surface area contributed by atoms with Crippen molar-refractivity contribution >= 4 is 11.9 Å². The quantitative estimate of drug-likeness (QED) is 0.538. The maximum atomic E-state index is 9.82. The van der Waals surface area contributed by atoms with E-state index in [2.05, 4.69) is 9.47 Å². The SMILES string of the molecule is CCCOCC(=O)O.CCOC(C)=O. The zero-order valence-electron chi connectivity index (χ0n) is 8.91. The Labute approximate surface area is 84.0 Å². The Morgan fingerprint density at radius 2 is 1.86 bits per heavy atom. The predicted octanol–water partition coefficient (Wildman–Crippen LogP) is 1.07. The number of esters is 1. The summed E-state index contributed by atoms with van der Waals surface area (Å²) in [5.74, 6) is -1.11. The zero-order chi connectivity index (χ0) is 11.4. The maximum Gasteiger partial charge on any atom is 0.329 e. The number of carbonyl (C=O) groups excluding carboxylic acids is 1. The first kappa shape index (κ1) is 15.4. The van der Waals surface area contributed by atoms with E-state index in [0.29, 0.717) is 13.2 Å². The molecule has 0 spiro atoms. The third-order valence-electron chi connectivity index (χ3n) is 0.922. The fourth-order valence-corrected chi connectivity index (χ4v) is 0.507. The van der Waals surface area contributed by atoms with Gasteiger partial charge in [0.2, 0.25) is 0 Å². The summed E-state index contributed by atoms with van der Waals surface area (Å²) in [6, 6.07) is 0. The third kappa shape index (κ3) is 22.4. The van der Waals surface area contributed by atoms with E-state index in [0.717, 1.165) is 6.42 Å². The van der Waals surface area contributed by atoms with Gasteiger partial charge in [0, 0.05) is 13.5 Å². The number of carbonyl (C=O) groups is 2. The number of hydrogen-bond acceptors (Lipinski definition) is 4. The van der Waals surface area contributed by atoms with Crippen LogP contribution in [0.4, 0.5) is 0 Å². The first-order valence-electron chi connectivity index (χ1n) is 4.47. The normalized spacial score (nSPS) is 8.50. The topological polar surface area (TPSA) is 72.8 Å². The highest BCUT2D eigenvalue weighted by Gasteiger charge is 1.92. The van der Waals surface area contributed by atoms with E-state index in [1.165, 1.54) is 6.92 Å². The molecular formula is C9H18O5. The first-order valence-corrected chi connectivity index (χ1v) is 4.47. The average molecular weight is 206 g/mol. The van der Waals surface area contributed by atoms with Crippen LogP contribution in [0, 0.1) is 0 Å². The molecule has 5 heteroatoms. The molecule has 0 atom stereocenters. The summed E-state index contributed by atoms with van der Waals surface area (Å²) >= 11 is 0. The fourth-order valence-electron chi connectivity index (χ4n) is 0.507. The van der Waals surface area contributed by atoms with Crippen LogP contribution >= 0.6 is 0 Å². The van der Waals surface area contributed by atoms with E-state index in [1.54, 1.807) is 6.92 Å². The highest BCUT2D eigenvalue weighted by Crippen LogP contribution is 1.78. The van der Waals surface area contributed by atoms with Crippen LogP contribution in [-0.4, -0.2) is 36.9 Å². The summed E-state index contributed by atoms with van der Waals surface area (Å²) in [6.07, 6.45) is 0.868. The van der Waals surface area contributed by atoms with E-state index < -0.39 is 5.97 Å². The standard InChI is InChI=1S/C5H10O3.C4H8O2/c1-2-3-8-4-5(6)7;1-3-6-4(2)5/h2-4H2,1H3,(H,6,7);3H2,1-2H3. The van der Waals surface area contributed by atoms with Gasteiger partial charge in [-0.15, -0.1) is 0 Å². The van der Waals surface area contributed by atoms with Crippen LogP contribution in [0.15, 0.2) is 0 Å². The monoisotopic (exact) mass is 206 g/mol. The molecule has 0 aromatic carbocycles. The Morgan fingerprint density at radius 1 is 1.29 bits per heavy atom. The number of carboxylic acid groups (broad SMARTS) is 1. The molecule has 0 fully saturated rings. The van der Waals surface area contributed by atoms with Crippen molar-refractivity contribution in [2.24, 2.45) is 0 Å². The highest BCUT2D eigenvalue weighted by atomic mass is 16.5. The van der Waals surface area contributed by atoms with Gasteiger partial charge in [0.1, 0.15) is 6.61 Å². The van der Waals surface area contributed by atoms with Crippen molar-refractivity contribution in [3.63, 3.8) is 0 Å². The van der Waals surface area contributed by atoms with Crippen LogP contribution < -0.4 is 0 Å². The minimum absolute atomic E-state index is 0.173. The molecule has 14 heavy (non-hydrogen) atoms. The van der Waals surface area contributed by atoms with Crippen molar-refractivity contribution in [2.45, 2.75) is 27.2 Å². The van der Waals surface area contributed by atoms with Crippen LogP contribution in [-0.2, 0) is 19.1 Å². The van der Waals surface area contributed by atoms with Crippen LogP contribution in [0.5, 0.6) is 0 Å². The maximum absolute atomic E-state index is 9.82. The van der Waals surface area contributed by atoms with Crippen LogP contribution in [0.1, 0.15) is 27.2 Å². The lowest BCUT2D eigenvalue weighted by atomic mass is 10.5. The molecule has 0 aliphatic heterocycles. The molecule has 0 aromatic heterocycles. The van der Waals surface area contributed by atoms with E-state index >= 15 is 0 Å². The van der Waals surface area contributed by atoms with Gasteiger partial charge in [0.15, 0.2) is 0 Å². The van der Waals surface area contributed by atoms with E-state index in [1.807, 2.05) is 6.92 Å². The molecule has 0 saturated carbocycles. The van der Waals surface area contributed by atoms with E-state index in [-0.39, 0.29) is 12.6 Å². The van der Waals surface area contributed by atoms with Gasteiger partial charge in [-0.2, -0.15) is 0 Å². The lowest BCUT2D eigenvalue weighted by Gasteiger charge is -1.94. The average Bonchev–Trinajstić information content (AvgIpc) is 2.05. The number of aliphatic carboxylic acids is 1. The lowest BCUT2D eigenvalue weighted by Crippen LogP contribution is -2.06. The molecule has 0 aromatic rings. The lowest BCUT2D eigenvalue weighted by molar-refractivity contribution is -0.142. The molecule has 0 radical (unpaired) electrons. The van der Waals surface area contributed by atoms with Gasteiger partial charge < -0.3 is 14.6 Å². The number of ether oxygens (including phenoxy) is 2. The predicted molar refractivity (Wildman–Crippen MR) is 51.1 cm³/mol. The van der Waals surface area contributed by atoms with Gasteiger partial charge >= 0.3 is 11.9 Å². The minimum Gasteiger partial charge on any atom is -0.480 e. The summed E-state index contributed by atoms with van der Waals surface area (Å²) in [6.45, 7) is 5.95. The minimum atomic E-state index is -0.904. The van der Waals surface area contributed by atoms with Crippen molar-refractivity contribution in [1.82, 2.24) is 0 Å². The Kier molecular flexibility index (Phi) is 13.1.